The van der Waals surface area contributed by atoms with Crippen molar-refractivity contribution >= 4 is 17.6 Å². The molecule has 2 rings (SSSR count). The highest BCUT2D eigenvalue weighted by atomic mass is 19.1. The number of amides is 1. The number of halogens is 1. The number of esters is 1. The first-order valence-corrected chi connectivity index (χ1v) is 7.73. The van der Waals surface area contributed by atoms with E-state index in [9.17, 15) is 24.1 Å². The van der Waals surface area contributed by atoms with Gasteiger partial charge in [0.2, 0.25) is 0 Å². The Labute approximate surface area is 149 Å². The Kier molecular flexibility index (Phi) is 6.00. The van der Waals surface area contributed by atoms with E-state index in [-0.39, 0.29) is 17.8 Å². The molecule has 2 aromatic rings. The van der Waals surface area contributed by atoms with Crippen LogP contribution in [0.4, 0.5) is 10.1 Å². The van der Waals surface area contributed by atoms with Crippen LogP contribution in [0.2, 0.25) is 0 Å². The van der Waals surface area contributed by atoms with Crippen molar-refractivity contribution in [2.45, 2.75) is 19.6 Å². The molecule has 0 aromatic heterocycles. The Morgan fingerprint density at radius 2 is 1.88 bits per heavy atom. The summed E-state index contributed by atoms with van der Waals surface area (Å²) < 4.78 is 18.3. The standard InChI is InChI=1S/C18H17FN2O5/c1-12(17(22)20(2)11-13-4-3-5-15(19)10-13)26-18(23)14-6-8-16(9-7-14)21(24)25/h3-10,12H,11H2,1-2H3/t12-/m1/s1. The Morgan fingerprint density at radius 1 is 1.23 bits per heavy atom. The number of nitrogens with zero attached hydrogens (tertiary/aromatic N) is 2. The van der Waals surface area contributed by atoms with Gasteiger partial charge in [-0.05, 0) is 36.8 Å². The van der Waals surface area contributed by atoms with Crippen LogP contribution in [0.25, 0.3) is 0 Å². The third-order valence-corrected chi connectivity index (χ3v) is 3.63. The maximum atomic E-state index is 13.2. The number of carbonyl (C=O) groups excluding carboxylic acids is 2. The molecule has 1 atom stereocenters. The second kappa shape index (κ2) is 8.19. The number of carbonyl (C=O) groups is 2. The van der Waals surface area contributed by atoms with Gasteiger partial charge in [-0.2, -0.15) is 0 Å². The number of rotatable bonds is 6. The van der Waals surface area contributed by atoms with Crippen LogP contribution in [-0.4, -0.2) is 34.9 Å². The van der Waals surface area contributed by atoms with Crippen LogP contribution in [0.1, 0.15) is 22.8 Å². The summed E-state index contributed by atoms with van der Waals surface area (Å²) in [4.78, 5) is 35.7. The number of benzene rings is 2. The summed E-state index contributed by atoms with van der Waals surface area (Å²) in [5, 5.41) is 10.6. The van der Waals surface area contributed by atoms with Crippen molar-refractivity contribution in [1.29, 1.82) is 0 Å². The smallest absolute Gasteiger partial charge is 0.338 e. The van der Waals surface area contributed by atoms with E-state index in [4.69, 9.17) is 4.74 Å². The summed E-state index contributed by atoms with van der Waals surface area (Å²) in [6, 6.07) is 10.7. The first-order chi connectivity index (χ1) is 12.3. The molecule has 0 N–H and O–H groups in total. The second-order valence-electron chi connectivity index (χ2n) is 5.68. The zero-order chi connectivity index (χ0) is 19.3. The minimum atomic E-state index is -1.06. The molecule has 0 aliphatic rings. The number of non-ortho nitro benzene ring substituents is 1. The lowest BCUT2D eigenvalue weighted by Crippen LogP contribution is -2.37. The topological polar surface area (TPSA) is 89.7 Å². The molecule has 0 saturated heterocycles. The molecule has 7 nitrogen and oxygen atoms in total. The summed E-state index contributed by atoms with van der Waals surface area (Å²) in [6.45, 7) is 1.59. The number of nitro benzene ring substituents is 1. The maximum Gasteiger partial charge on any atom is 0.338 e. The number of hydrogen-bond donors (Lipinski definition) is 0. The molecular formula is C18H17FN2O5. The number of nitro groups is 1. The van der Waals surface area contributed by atoms with Gasteiger partial charge in [-0.1, -0.05) is 12.1 Å². The fourth-order valence-electron chi connectivity index (χ4n) is 2.30. The second-order valence-corrected chi connectivity index (χ2v) is 5.68. The van der Waals surface area contributed by atoms with Crippen molar-refractivity contribution in [2.75, 3.05) is 7.05 Å². The van der Waals surface area contributed by atoms with Crippen LogP contribution in [0.5, 0.6) is 0 Å². The van der Waals surface area contributed by atoms with Gasteiger partial charge in [0.15, 0.2) is 6.10 Å². The summed E-state index contributed by atoms with van der Waals surface area (Å²) in [5.41, 5.74) is 0.554. The molecule has 136 valence electrons. The van der Waals surface area contributed by atoms with Crippen molar-refractivity contribution in [3.63, 3.8) is 0 Å². The molecular weight excluding hydrogens is 343 g/mol. The van der Waals surface area contributed by atoms with Gasteiger partial charge < -0.3 is 9.64 Å². The summed E-state index contributed by atoms with van der Waals surface area (Å²) in [5.74, 6) is -1.62. The van der Waals surface area contributed by atoms with E-state index in [1.54, 1.807) is 12.1 Å². The van der Waals surface area contributed by atoms with Crippen LogP contribution in [0.15, 0.2) is 48.5 Å². The lowest BCUT2D eigenvalue weighted by atomic mass is 10.2. The maximum absolute atomic E-state index is 13.2. The number of ether oxygens (including phenoxy) is 1. The molecule has 1 amide bonds. The third-order valence-electron chi connectivity index (χ3n) is 3.63. The summed E-state index contributed by atoms with van der Waals surface area (Å²) in [7, 11) is 1.52. The van der Waals surface area contributed by atoms with Gasteiger partial charge in [0, 0.05) is 25.7 Å². The van der Waals surface area contributed by atoms with Gasteiger partial charge in [0.05, 0.1) is 10.5 Å². The minimum absolute atomic E-state index is 0.100. The zero-order valence-electron chi connectivity index (χ0n) is 14.2. The monoisotopic (exact) mass is 360 g/mol. The molecule has 0 radical (unpaired) electrons. The van der Waals surface area contributed by atoms with E-state index < -0.39 is 28.7 Å². The Bertz CT molecular complexity index is 823. The first-order valence-electron chi connectivity index (χ1n) is 7.73. The van der Waals surface area contributed by atoms with E-state index in [2.05, 4.69) is 0 Å². The molecule has 0 fully saturated rings. The highest BCUT2D eigenvalue weighted by molar-refractivity contribution is 5.92. The molecule has 0 bridgehead atoms. The number of hydrogen-bond acceptors (Lipinski definition) is 5. The molecule has 0 heterocycles. The van der Waals surface area contributed by atoms with Crippen LogP contribution in [0.3, 0.4) is 0 Å². The molecule has 0 spiro atoms. The molecule has 0 unspecified atom stereocenters. The van der Waals surface area contributed by atoms with E-state index in [0.717, 1.165) is 0 Å². The third kappa shape index (κ3) is 4.85. The summed E-state index contributed by atoms with van der Waals surface area (Å²) in [6.07, 6.45) is -1.06. The van der Waals surface area contributed by atoms with Crippen LogP contribution < -0.4 is 0 Å². The molecule has 0 saturated carbocycles. The quantitative estimate of drug-likeness (QED) is 0.449. The normalized spacial score (nSPS) is 11.5. The minimum Gasteiger partial charge on any atom is -0.449 e. The fraction of sp³-hybridized carbons (Fsp3) is 0.222. The van der Waals surface area contributed by atoms with Crippen molar-refractivity contribution in [3.8, 4) is 0 Å². The van der Waals surface area contributed by atoms with Crippen molar-refractivity contribution in [1.82, 2.24) is 4.90 Å². The van der Waals surface area contributed by atoms with Crippen molar-refractivity contribution in [3.05, 3.63) is 75.6 Å². The number of likely N-dealkylation sites (N-methyl/N-ethyl adjacent to an activating group) is 1. The Hall–Kier alpha value is -3.29. The fourth-order valence-corrected chi connectivity index (χ4v) is 2.30. The molecule has 8 heteroatoms. The Morgan fingerprint density at radius 3 is 2.46 bits per heavy atom. The highest BCUT2D eigenvalue weighted by Crippen LogP contribution is 2.14. The van der Waals surface area contributed by atoms with E-state index in [0.29, 0.717) is 5.56 Å². The lowest BCUT2D eigenvalue weighted by molar-refractivity contribution is -0.384. The molecule has 2 aromatic carbocycles. The van der Waals surface area contributed by atoms with Gasteiger partial charge in [-0.15, -0.1) is 0 Å². The Balaban J connectivity index is 1.96. The molecule has 0 aliphatic heterocycles. The molecule has 0 aliphatic carbocycles. The van der Waals surface area contributed by atoms with Gasteiger partial charge in [-0.3, -0.25) is 14.9 Å². The first kappa shape index (κ1) is 19.0. The predicted molar refractivity (Wildman–Crippen MR) is 90.8 cm³/mol. The van der Waals surface area contributed by atoms with Crippen molar-refractivity contribution < 1.29 is 23.6 Å². The van der Waals surface area contributed by atoms with Gasteiger partial charge >= 0.3 is 5.97 Å². The van der Waals surface area contributed by atoms with Gasteiger partial charge in [0.1, 0.15) is 5.82 Å². The zero-order valence-corrected chi connectivity index (χ0v) is 14.2. The highest BCUT2D eigenvalue weighted by Gasteiger charge is 2.22. The predicted octanol–water partition coefficient (Wildman–Crippen LogP) is 2.94. The lowest BCUT2D eigenvalue weighted by Gasteiger charge is -2.21. The van der Waals surface area contributed by atoms with Crippen LogP contribution in [0, 0.1) is 15.9 Å². The summed E-state index contributed by atoms with van der Waals surface area (Å²) >= 11 is 0. The van der Waals surface area contributed by atoms with E-state index >= 15 is 0 Å². The SMILES string of the molecule is C[C@@H](OC(=O)c1ccc([N+](=O)[O-])cc1)C(=O)N(C)Cc1cccc(F)c1. The largest absolute Gasteiger partial charge is 0.449 e. The average Bonchev–Trinajstić information content (AvgIpc) is 2.61. The van der Waals surface area contributed by atoms with Crippen LogP contribution >= 0.6 is 0 Å². The van der Waals surface area contributed by atoms with Gasteiger partial charge in [0.25, 0.3) is 11.6 Å². The van der Waals surface area contributed by atoms with E-state index in [1.807, 2.05) is 0 Å². The van der Waals surface area contributed by atoms with Crippen molar-refractivity contribution in [2.24, 2.45) is 0 Å². The van der Waals surface area contributed by atoms with Crippen LogP contribution in [-0.2, 0) is 16.1 Å². The van der Waals surface area contributed by atoms with Gasteiger partial charge in [-0.25, -0.2) is 9.18 Å². The average molecular weight is 360 g/mol. The molecule has 26 heavy (non-hydrogen) atoms. The van der Waals surface area contributed by atoms with E-state index in [1.165, 1.54) is 55.3 Å².